The molecule has 0 fully saturated rings. The molecule has 0 radical (unpaired) electrons. The maximum atomic E-state index is 5.52. The molecule has 9 heavy (non-hydrogen) atoms. The molecule has 0 aromatic carbocycles. The Balaban J connectivity index is 3.25. The first-order valence-corrected chi connectivity index (χ1v) is 2.89. The van der Waals surface area contributed by atoms with Crippen LogP contribution in [0.4, 0.5) is 5.69 Å². The van der Waals surface area contributed by atoms with Crippen molar-refractivity contribution in [2.24, 2.45) is 0 Å². The number of rotatable bonds is 0. The number of halogens is 2. The number of aromatic nitrogens is 2. The Hall–Kier alpha value is -0.540. The van der Waals surface area contributed by atoms with Crippen molar-refractivity contribution in [3.8, 4) is 0 Å². The lowest BCUT2D eigenvalue weighted by atomic mass is 10.5. The summed E-state index contributed by atoms with van der Waals surface area (Å²) in [4.78, 5) is 0. The van der Waals surface area contributed by atoms with Gasteiger partial charge in [-0.1, -0.05) is 23.2 Å². The molecule has 1 aromatic rings. The molecule has 1 heterocycles. The van der Waals surface area contributed by atoms with E-state index in [2.05, 4.69) is 10.2 Å². The monoisotopic (exact) mass is 163 g/mol. The summed E-state index contributed by atoms with van der Waals surface area (Å²) in [5.41, 5.74) is 5.65. The molecule has 0 aliphatic heterocycles. The van der Waals surface area contributed by atoms with Crippen LogP contribution in [0.3, 0.4) is 0 Å². The van der Waals surface area contributed by atoms with Crippen LogP contribution in [0.1, 0.15) is 0 Å². The smallest absolute Gasteiger partial charge is 0.172 e. The fourth-order valence-corrected chi connectivity index (χ4v) is 0.601. The largest absolute Gasteiger partial charge is 0.396 e. The van der Waals surface area contributed by atoms with Gasteiger partial charge in [-0.2, -0.15) is 5.10 Å². The minimum absolute atomic E-state index is 0.136. The molecule has 2 N–H and O–H groups in total. The summed E-state index contributed by atoms with van der Waals surface area (Å²) in [6, 6.07) is 0. The van der Waals surface area contributed by atoms with Crippen molar-refractivity contribution < 1.29 is 0 Å². The fourth-order valence-electron chi connectivity index (χ4n) is 0.361. The van der Waals surface area contributed by atoms with Crippen molar-refractivity contribution in [3.63, 3.8) is 0 Å². The molecule has 0 saturated heterocycles. The lowest BCUT2D eigenvalue weighted by Gasteiger charge is -1.94. The lowest BCUT2D eigenvalue weighted by molar-refractivity contribution is 1.03. The van der Waals surface area contributed by atoms with Gasteiger partial charge >= 0.3 is 0 Å². The van der Waals surface area contributed by atoms with Gasteiger partial charge in [0.15, 0.2) is 5.15 Å². The molecule has 0 amide bonds. The average Bonchev–Trinajstić information content (AvgIpc) is 1.83. The van der Waals surface area contributed by atoms with Crippen LogP contribution < -0.4 is 5.73 Å². The highest BCUT2D eigenvalue weighted by molar-refractivity contribution is 6.42. The van der Waals surface area contributed by atoms with Gasteiger partial charge in [-0.15, -0.1) is 5.10 Å². The van der Waals surface area contributed by atoms with E-state index in [-0.39, 0.29) is 10.2 Å². The fraction of sp³-hybridized carbons (Fsp3) is 0. The molecule has 1 aromatic heterocycles. The second-order valence-corrected chi connectivity index (χ2v) is 2.14. The minimum Gasteiger partial charge on any atom is -0.396 e. The molecule has 0 bridgehead atoms. The Bertz CT molecular complexity index is 205. The first-order chi connectivity index (χ1) is 4.22. The van der Waals surface area contributed by atoms with E-state index >= 15 is 0 Å². The van der Waals surface area contributed by atoms with Gasteiger partial charge in [0.1, 0.15) is 5.02 Å². The lowest BCUT2D eigenvalue weighted by Crippen LogP contribution is -1.90. The van der Waals surface area contributed by atoms with Crippen LogP contribution in [-0.2, 0) is 0 Å². The first-order valence-electron chi connectivity index (χ1n) is 2.14. The third kappa shape index (κ3) is 1.23. The molecular weight excluding hydrogens is 161 g/mol. The first kappa shape index (κ1) is 6.58. The van der Waals surface area contributed by atoms with Crippen LogP contribution in [0.25, 0.3) is 0 Å². The highest BCUT2D eigenvalue weighted by Crippen LogP contribution is 2.23. The number of hydrogen-bond acceptors (Lipinski definition) is 3. The molecule has 5 heteroatoms. The SMILES string of the molecule is Nc1cnnc(Cl)c1Cl. The summed E-state index contributed by atoms with van der Waals surface area (Å²) in [6.45, 7) is 0. The predicted octanol–water partition coefficient (Wildman–Crippen LogP) is 1.37. The van der Waals surface area contributed by atoms with Crippen molar-refractivity contribution >= 4 is 28.9 Å². The average molecular weight is 164 g/mol. The van der Waals surface area contributed by atoms with Gasteiger partial charge in [0.2, 0.25) is 0 Å². The van der Waals surface area contributed by atoms with Crippen LogP contribution in [0.2, 0.25) is 10.2 Å². The summed E-state index contributed by atoms with van der Waals surface area (Å²) < 4.78 is 0. The predicted molar refractivity (Wildman–Crippen MR) is 36.5 cm³/mol. The summed E-state index contributed by atoms with van der Waals surface area (Å²) >= 11 is 10.9. The van der Waals surface area contributed by atoms with Crippen LogP contribution in [0, 0.1) is 0 Å². The number of nitrogen functional groups attached to an aromatic ring is 1. The topological polar surface area (TPSA) is 51.8 Å². The van der Waals surface area contributed by atoms with Gasteiger partial charge in [0.05, 0.1) is 11.9 Å². The van der Waals surface area contributed by atoms with Gasteiger partial charge in [0, 0.05) is 0 Å². The van der Waals surface area contributed by atoms with E-state index in [1.54, 1.807) is 0 Å². The number of anilines is 1. The van der Waals surface area contributed by atoms with E-state index < -0.39 is 0 Å². The summed E-state index contributed by atoms with van der Waals surface area (Å²) in [5, 5.41) is 7.29. The normalized spacial score (nSPS) is 9.56. The van der Waals surface area contributed by atoms with Crippen molar-refractivity contribution in [3.05, 3.63) is 16.4 Å². The maximum Gasteiger partial charge on any atom is 0.172 e. The summed E-state index contributed by atoms with van der Waals surface area (Å²) in [5.74, 6) is 0. The third-order valence-electron chi connectivity index (χ3n) is 0.777. The van der Waals surface area contributed by atoms with Gasteiger partial charge in [-0.3, -0.25) is 0 Å². The van der Waals surface area contributed by atoms with Crippen molar-refractivity contribution in [2.75, 3.05) is 5.73 Å². The van der Waals surface area contributed by atoms with Gasteiger partial charge < -0.3 is 5.73 Å². The summed E-state index contributed by atoms with van der Waals surface area (Å²) in [7, 11) is 0. The van der Waals surface area contributed by atoms with Crippen LogP contribution >= 0.6 is 23.2 Å². The highest BCUT2D eigenvalue weighted by atomic mass is 35.5. The van der Waals surface area contributed by atoms with Gasteiger partial charge in [-0.05, 0) is 0 Å². The van der Waals surface area contributed by atoms with Crippen LogP contribution in [0.5, 0.6) is 0 Å². The van der Waals surface area contributed by atoms with Crippen LogP contribution in [-0.4, -0.2) is 10.2 Å². The van der Waals surface area contributed by atoms with E-state index in [9.17, 15) is 0 Å². The molecule has 0 aliphatic rings. The molecular formula is C4H3Cl2N3. The standard InChI is InChI=1S/C4H3Cl2N3/c5-3-2(7)1-8-9-4(3)6/h1H,(H2,7,9). The molecule has 0 saturated carbocycles. The molecule has 0 atom stereocenters. The molecule has 3 nitrogen and oxygen atoms in total. The minimum atomic E-state index is 0.136. The third-order valence-corrected chi connectivity index (χ3v) is 1.54. The van der Waals surface area contributed by atoms with E-state index in [1.807, 2.05) is 0 Å². The molecule has 1 rings (SSSR count). The van der Waals surface area contributed by atoms with E-state index in [4.69, 9.17) is 28.9 Å². The number of nitrogens with zero attached hydrogens (tertiary/aromatic N) is 2. The second-order valence-electron chi connectivity index (χ2n) is 1.40. The highest BCUT2D eigenvalue weighted by Gasteiger charge is 2.00. The van der Waals surface area contributed by atoms with Gasteiger partial charge in [-0.25, -0.2) is 0 Å². The number of nitrogens with two attached hydrogens (primary N) is 1. The Labute approximate surface area is 61.8 Å². The zero-order valence-electron chi connectivity index (χ0n) is 4.31. The Morgan fingerprint density at radius 1 is 1.44 bits per heavy atom. The maximum absolute atomic E-state index is 5.52. The Morgan fingerprint density at radius 3 is 2.56 bits per heavy atom. The summed E-state index contributed by atoms with van der Waals surface area (Å²) in [6.07, 6.45) is 1.34. The van der Waals surface area contributed by atoms with E-state index in [1.165, 1.54) is 6.20 Å². The van der Waals surface area contributed by atoms with Crippen molar-refractivity contribution in [1.29, 1.82) is 0 Å². The molecule has 0 aliphatic carbocycles. The molecule has 48 valence electrons. The zero-order valence-corrected chi connectivity index (χ0v) is 5.82. The van der Waals surface area contributed by atoms with Crippen molar-refractivity contribution in [2.45, 2.75) is 0 Å². The second kappa shape index (κ2) is 2.37. The quantitative estimate of drug-likeness (QED) is 0.629. The Morgan fingerprint density at radius 2 is 2.11 bits per heavy atom. The zero-order chi connectivity index (χ0) is 6.85. The Kier molecular flexibility index (Phi) is 1.73. The van der Waals surface area contributed by atoms with Crippen LogP contribution in [0.15, 0.2) is 6.20 Å². The number of hydrogen-bond donors (Lipinski definition) is 1. The molecule has 0 spiro atoms. The van der Waals surface area contributed by atoms with E-state index in [0.717, 1.165) is 0 Å². The van der Waals surface area contributed by atoms with E-state index in [0.29, 0.717) is 5.69 Å². The van der Waals surface area contributed by atoms with Crippen molar-refractivity contribution in [1.82, 2.24) is 10.2 Å². The molecule has 0 unspecified atom stereocenters. The van der Waals surface area contributed by atoms with Gasteiger partial charge in [0.25, 0.3) is 0 Å².